The molecule has 234 valence electrons. The fourth-order valence-electron chi connectivity index (χ4n) is 5.02. The van der Waals surface area contributed by atoms with E-state index in [9.17, 15) is 30.3 Å². The van der Waals surface area contributed by atoms with Crippen LogP contribution in [0.5, 0.6) is 0 Å². The van der Waals surface area contributed by atoms with Crippen molar-refractivity contribution >= 4 is 5.91 Å². The number of hydrogen-bond donors (Lipinski definition) is 11. The van der Waals surface area contributed by atoms with Gasteiger partial charge >= 0.3 is 0 Å². The van der Waals surface area contributed by atoms with Crippen LogP contribution in [0.3, 0.4) is 0 Å². The van der Waals surface area contributed by atoms with Crippen molar-refractivity contribution in [1.29, 1.82) is 0 Å². The van der Waals surface area contributed by atoms with Crippen molar-refractivity contribution in [1.82, 2.24) is 10.6 Å². The van der Waals surface area contributed by atoms with Crippen molar-refractivity contribution in [3.8, 4) is 0 Å². The Kier molecular flexibility index (Phi) is 12.0. The molecule has 3 fully saturated rings. The Bertz CT molecular complexity index is 815. The molecule has 17 heteroatoms. The molecule has 1 saturated carbocycles. The zero-order chi connectivity index (χ0) is 29.9. The molecule has 1 aliphatic carbocycles. The first-order valence-electron chi connectivity index (χ1n) is 13.4. The number of hydrogen-bond acceptors (Lipinski definition) is 16. The summed E-state index contributed by atoms with van der Waals surface area (Å²) < 4.78 is 29.4. The third-order valence-corrected chi connectivity index (χ3v) is 7.39. The van der Waals surface area contributed by atoms with E-state index in [2.05, 4.69) is 10.6 Å². The summed E-state index contributed by atoms with van der Waals surface area (Å²) in [6.07, 6.45) is -12.6. The molecule has 40 heavy (non-hydrogen) atoms. The van der Waals surface area contributed by atoms with E-state index in [4.69, 9.17) is 46.6 Å². The van der Waals surface area contributed by atoms with Crippen LogP contribution in [0.2, 0.25) is 0 Å². The molecule has 2 saturated heterocycles. The lowest BCUT2D eigenvalue weighted by molar-refractivity contribution is -0.362. The summed E-state index contributed by atoms with van der Waals surface area (Å²) in [5.74, 6) is -0.675. The van der Waals surface area contributed by atoms with Gasteiger partial charge in [-0.3, -0.25) is 4.79 Å². The molecular formula is C23H46N6O11. The number of rotatable bonds is 11. The predicted molar refractivity (Wildman–Crippen MR) is 137 cm³/mol. The first kappa shape index (κ1) is 33.4. The van der Waals surface area contributed by atoms with Gasteiger partial charge in [0.15, 0.2) is 18.8 Å². The highest BCUT2D eigenvalue weighted by Crippen LogP contribution is 2.34. The van der Waals surface area contributed by atoms with Gasteiger partial charge in [0.1, 0.15) is 24.4 Å². The summed E-state index contributed by atoms with van der Waals surface area (Å²) in [4.78, 5) is 12.0. The smallest absolute Gasteiger partial charge is 0.238 e. The number of nitrogens with two attached hydrogens (primary N) is 4. The summed E-state index contributed by atoms with van der Waals surface area (Å²) in [5.41, 5.74) is 23.8. The van der Waals surface area contributed by atoms with Gasteiger partial charge < -0.3 is 82.8 Å². The summed E-state index contributed by atoms with van der Waals surface area (Å²) in [6, 6.07) is -4.04. The second-order valence-electron chi connectivity index (χ2n) is 10.7. The number of aliphatic hydroxyl groups is 5. The number of ether oxygens (including phenoxy) is 5. The lowest BCUT2D eigenvalue weighted by Gasteiger charge is -2.51. The largest absolute Gasteiger partial charge is 0.394 e. The minimum Gasteiger partial charge on any atom is -0.394 e. The van der Waals surface area contributed by atoms with Gasteiger partial charge in [-0.15, -0.1) is 0 Å². The molecule has 0 aromatic rings. The molecule has 0 aromatic carbocycles. The molecule has 17 nitrogen and oxygen atoms in total. The van der Waals surface area contributed by atoms with E-state index in [1.54, 1.807) is 7.05 Å². The molecule has 2 aliphatic heterocycles. The standard InChI is InChI=1S/C23H46N6O11/c1-7(6-30)36-23(20(35)29-19(34)8(2)24)40-22-13(28-3)15(32)18-12(37-22)5-11(27)21(39-18)38-17-10(26)4-9(25)14(31)16(17)33/h7-18,20-23,28,30-33,35H,4-6,24-27H2,1-3H3,(H,29,34)/t7?,8-,9-,10?,11?,12+,13?,14?,15?,16?,17-,18?,20?,21+,22?,23+/m1/s1. The number of aliphatic hydroxyl groups excluding tert-OH is 5. The van der Waals surface area contributed by atoms with E-state index in [1.807, 2.05) is 0 Å². The van der Waals surface area contributed by atoms with Gasteiger partial charge in [-0.2, -0.15) is 0 Å². The molecule has 3 aliphatic rings. The Morgan fingerprint density at radius 2 is 1.68 bits per heavy atom. The minimum atomic E-state index is -1.69. The third kappa shape index (κ3) is 7.63. The number of carbonyl (C=O) groups excluding carboxylic acids is 1. The molecule has 3 rings (SSSR count). The van der Waals surface area contributed by atoms with Gasteiger partial charge in [0, 0.05) is 12.1 Å². The van der Waals surface area contributed by atoms with Crippen LogP contribution in [-0.2, 0) is 28.5 Å². The van der Waals surface area contributed by atoms with Gasteiger partial charge in [-0.05, 0) is 33.7 Å². The fraction of sp³-hybridized carbons (Fsp3) is 0.957. The molecule has 0 spiro atoms. The van der Waals surface area contributed by atoms with E-state index in [0.717, 1.165) is 0 Å². The number of fused-ring (bicyclic) bond motifs is 1. The van der Waals surface area contributed by atoms with E-state index >= 15 is 0 Å². The third-order valence-electron chi connectivity index (χ3n) is 7.39. The highest BCUT2D eigenvalue weighted by Gasteiger charge is 2.53. The van der Waals surface area contributed by atoms with E-state index in [0.29, 0.717) is 0 Å². The fourth-order valence-corrected chi connectivity index (χ4v) is 5.02. The monoisotopic (exact) mass is 582 g/mol. The van der Waals surface area contributed by atoms with Crippen molar-refractivity contribution in [2.75, 3.05) is 13.7 Å². The molecule has 0 aromatic heterocycles. The van der Waals surface area contributed by atoms with Crippen molar-refractivity contribution in [2.24, 2.45) is 22.9 Å². The van der Waals surface area contributed by atoms with Crippen LogP contribution in [0, 0.1) is 0 Å². The Balaban J connectivity index is 1.72. The molecule has 0 bridgehead atoms. The average molecular weight is 583 g/mol. The van der Waals surface area contributed by atoms with Crippen LogP contribution >= 0.6 is 0 Å². The van der Waals surface area contributed by atoms with Gasteiger partial charge in [0.05, 0.1) is 43.0 Å². The van der Waals surface area contributed by atoms with Gasteiger partial charge in [0.25, 0.3) is 0 Å². The summed E-state index contributed by atoms with van der Waals surface area (Å²) in [6.45, 7) is 2.54. The van der Waals surface area contributed by atoms with Crippen molar-refractivity contribution < 1.29 is 54.0 Å². The Morgan fingerprint density at radius 3 is 2.27 bits per heavy atom. The first-order chi connectivity index (χ1) is 18.8. The number of carbonyl (C=O) groups is 1. The second kappa shape index (κ2) is 14.4. The number of nitrogens with one attached hydrogen (secondary N) is 2. The predicted octanol–water partition coefficient (Wildman–Crippen LogP) is -6.21. The van der Waals surface area contributed by atoms with Crippen molar-refractivity contribution in [2.45, 2.75) is 125 Å². The number of likely N-dealkylation sites (N-methyl/N-ethyl adjacent to an activating group) is 1. The molecule has 1 amide bonds. The van der Waals surface area contributed by atoms with Crippen LogP contribution in [0.15, 0.2) is 0 Å². The maximum absolute atomic E-state index is 12.0. The molecule has 2 heterocycles. The van der Waals surface area contributed by atoms with Crippen molar-refractivity contribution in [3.05, 3.63) is 0 Å². The zero-order valence-corrected chi connectivity index (χ0v) is 22.9. The quantitative estimate of drug-likeness (QED) is 0.101. The second-order valence-corrected chi connectivity index (χ2v) is 10.7. The van der Waals surface area contributed by atoms with Gasteiger partial charge in [0.2, 0.25) is 12.2 Å². The zero-order valence-electron chi connectivity index (χ0n) is 22.9. The van der Waals surface area contributed by atoms with Crippen molar-refractivity contribution in [3.63, 3.8) is 0 Å². The van der Waals surface area contributed by atoms with Crippen LogP contribution in [0.4, 0.5) is 0 Å². The molecule has 10 unspecified atom stereocenters. The maximum Gasteiger partial charge on any atom is 0.238 e. The lowest BCUT2D eigenvalue weighted by Crippen LogP contribution is -2.69. The molecule has 16 atom stereocenters. The first-order valence-corrected chi connectivity index (χ1v) is 13.4. The van der Waals surface area contributed by atoms with Crippen LogP contribution in [-0.4, -0.2) is 143 Å². The summed E-state index contributed by atoms with van der Waals surface area (Å²) in [7, 11) is 1.54. The minimum absolute atomic E-state index is 0.130. The number of amides is 1. The highest BCUT2D eigenvalue weighted by atomic mass is 16.8. The SMILES string of the molecule is CNC1C(O[C@H](OC(C)CO)C(O)NC(=O)[C@@H](C)N)O[C@H]2CC(N)[C@@H](O[C@@H]3C(N)C[C@@H](N)C(O)C3O)OC2C1O. The van der Waals surface area contributed by atoms with E-state index < -0.39 is 111 Å². The lowest BCUT2D eigenvalue weighted by atomic mass is 9.84. The van der Waals surface area contributed by atoms with Crippen LogP contribution < -0.4 is 33.6 Å². The van der Waals surface area contributed by atoms with E-state index in [1.165, 1.54) is 13.8 Å². The molecular weight excluding hydrogens is 536 g/mol. The normalized spacial score (nSPS) is 43.3. The Hall–Kier alpha value is -1.13. The highest BCUT2D eigenvalue weighted by molar-refractivity contribution is 5.81. The molecule has 15 N–H and O–H groups in total. The Morgan fingerprint density at radius 1 is 1.00 bits per heavy atom. The Labute approximate surface area is 232 Å². The van der Waals surface area contributed by atoms with Gasteiger partial charge in [-0.1, -0.05) is 0 Å². The van der Waals surface area contributed by atoms with Crippen LogP contribution in [0.1, 0.15) is 26.7 Å². The summed E-state index contributed by atoms with van der Waals surface area (Å²) >= 11 is 0. The van der Waals surface area contributed by atoms with Crippen LogP contribution in [0.25, 0.3) is 0 Å². The summed E-state index contributed by atoms with van der Waals surface area (Å²) in [5, 5.41) is 57.0. The topological polar surface area (TPSA) is 293 Å². The van der Waals surface area contributed by atoms with Gasteiger partial charge in [-0.25, -0.2) is 0 Å². The molecule has 0 radical (unpaired) electrons. The average Bonchev–Trinajstić information content (AvgIpc) is 2.89. The van der Waals surface area contributed by atoms with E-state index in [-0.39, 0.29) is 12.8 Å². The maximum atomic E-state index is 12.0.